The zero-order valence-corrected chi connectivity index (χ0v) is 8.91. The van der Waals surface area contributed by atoms with Crippen LogP contribution in [0.15, 0.2) is 0 Å². The Kier molecular flexibility index (Phi) is 1.60. The smallest absolute Gasteiger partial charge is 0.0127 e. The van der Waals surface area contributed by atoms with Crippen molar-refractivity contribution in [1.82, 2.24) is 5.32 Å². The number of hydrogen-bond acceptors (Lipinski definition) is 1. The van der Waals surface area contributed by atoms with E-state index in [0.29, 0.717) is 0 Å². The van der Waals surface area contributed by atoms with Crippen molar-refractivity contribution in [3.05, 3.63) is 0 Å². The molecule has 1 nitrogen and oxygen atoms in total. The number of rotatable bonds is 2. The van der Waals surface area contributed by atoms with E-state index in [9.17, 15) is 0 Å². The monoisotopic (exact) mass is 191 g/mol. The predicted octanol–water partition coefficient (Wildman–Crippen LogP) is 2.56. The van der Waals surface area contributed by atoms with E-state index in [4.69, 9.17) is 0 Å². The minimum atomic E-state index is 0.928. The first kappa shape index (κ1) is 8.15. The summed E-state index contributed by atoms with van der Waals surface area (Å²) < 4.78 is 0. The Morgan fingerprint density at radius 1 is 0.714 bits per heavy atom. The Morgan fingerprint density at radius 2 is 1.29 bits per heavy atom. The average molecular weight is 191 g/mol. The fourth-order valence-corrected chi connectivity index (χ4v) is 4.72. The molecule has 0 heterocycles. The van der Waals surface area contributed by atoms with E-state index >= 15 is 0 Å². The number of nitrogens with one attached hydrogen (secondary N) is 1. The van der Waals surface area contributed by atoms with Crippen molar-refractivity contribution in [3.8, 4) is 0 Å². The molecule has 5 saturated carbocycles. The minimum Gasteiger partial charge on any atom is -0.311 e. The molecule has 14 heavy (non-hydrogen) atoms. The molecule has 78 valence electrons. The van der Waals surface area contributed by atoms with Gasteiger partial charge in [-0.3, -0.25) is 0 Å². The molecular weight excluding hydrogens is 170 g/mol. The Labute approximate surface area is 86.6 Å². The van der Waals surface area contributed by atoms with Gasteiger partial charge in [-0.1, -0.05) is 0 Å². The summed E-state index contributed by atoms with van der Waals surface area (Å²) in [6.07, 6.45) is 10.8. The average Bonchev–Trinajstić information content (AvgIpc) is 2.93. The molecule has 0 atom stereocenters. The molecule has 0 aliphatic heterocycles. The molecule has 0 spiro atoms. The summed E-state index contributed by atoms with van der Waals surface area (Å²) in [5.41, 5.74) is 0. The Morgan fingerprint density at radius 3 is 1.79 bits per heavy atom. The summed E-state index contributed by atoms with van der Waals surface area (Å²) in [7, 11) is 0. The van der Waals surface area contributed by atoms with E-state index < -0.39 is 0 Å². The molecule has 5 fully saturated rings. The highest BCUT2D eigenvalue weighted by Gasteiger charge is 2.48. The highest BCUT2D eigenvalue weighted by molar-refractivity contribution is 5.03. The van der Waals surface area contributed by atoms with E-state index in [0.717, 1.165) is 35.8 Å². The Balaban J connectivity index is 1.55. The van der Waals surface area contributed by atoms with Gasteiger partial charge in [0.25, 0.3) is 0 Å². The summed E-state index contributed by atoms with van der Waals surface area (Å²) in [6, 6.07) is 1.87. The van der Waals surface area contributed by atoms with Crippen molar-refractivity contribution in [3.63, 3.8) is 0 Å². The van der Waals surface area contributed by atoms with E-state index in [1.807, 2.05) is 0 Å². The summed E-state index contributed by atoms with van der Waals surface area (Å²) in [5, 5.41) is 3.94. The molecule has 0 saturated heterocycles. The quantitative estimate of drug-likeness (QED) is 0.707. The van der Waals surface area contributed by atoms with Gasteiger partial charge in [-0.25, -0.2) is 0 Å². The van der Waals surface area contributed by atoms with E-state index in [2.05, 4.69) is 5.32 Å². The molecule has 1 N–H and O–H groups in total. The molecule has 0 amide bonds. The maximum Gasteiger partial charge on any atom is 0.0127 e. The second-order valence-corrected chi connectivity index (χ2v) is 6.40. The van der Waals surface area contributed by atoms with Gasteiger partial charge in [-0.05, 0) is 68.6 Å². The van der Waals surface area contributed by atoms with Crippen molar-refractivity contribution in [1.29, 1.82) is 0 Å². The molecule has 0 unspecified atom stereocenters. The van der Waals surface area contributed by atoms with Crippen LogP contribution in [0.3, 0.4) is 0 Å². The molecule has 4 bridgehead atoms. The van der Waals surface area contributed by atoms with Crippen LogP contribution in [-0.4, -0.2) is 12.1 Å². The van der Waals surface area contributed by atoms with Crippen LogP contribution in [0.25, 0.3) is 0 Å². The molecule has 0 radical (unpaired) electrons. The molecule has 5 aliphatic rings. The molecular formula is C13H21N. The first-order valence-corrected chi connectivity index (χ1v) is 6.64. The highest BCUT2D eigenvalue weighted by Crippen LogP contribution is 2.54. The normalized spacial score (nSPS) is 55.3. The van der Waals surface area contributed by atoms with Gasteiger partial charge >= 0.3 is 0 Å². The van der Waals surface area contributed by atoms with Crippen LogP contribution in [0.2, 0.25) is 0 Å². The Bertz CT molecular complexity index is 216. The van der Waals surface area contributed by atoms with Gasteiger partial charge in [-0.2, -0.15) is 0 Å². The van der Waals surface area contributed by atoms with Crippen molar-refractivity contribution < 1.29 is 0 Å². The standard InChI is InChI=1S/C13H21N/c1-2-12(1)14-13-10-4-8-3-9(6-10)7-11(13)5-8/h8-14H,1-7H2. The van der Waals surface area contributed by atoms with Crippen LogP contribution in [0.1, 0.15) is 44.9 Å². The van der Waals surface area contributed by atoms with Crippen molar-refractivity contribution in [2.45, 2.75) is 57.0 Å². The first-order valence-electron chi connectivity index (χ1n) is 6.64. The first-order chi connectivity index (χ1) is 6.88. The van der Waals surface area contributed by atoms with Crippen LogP contribution in [-0.2, 0) is 0 Å². The number of hydrogen-bond donors (Lipinski definition) is 1. The molecule has 0 aromatic rings. The highest BCUT2D eigenvalue weighted by atomic mass is 15.0. The van der Waals surface area contributed by atoms with Gasteiger partial charge in [0, 0.05) is 12.1 Å². The van der Waals surface area contributed by atoms with Crippen LogP contribution < -0.4 is 5.32 Å². The molecule has 0 aromatic heterocycles. The van der Waals surface area contributed by atoms with E-state index in [-0.39, 0.29) is 0 Å². The molecule has 5 aliphatic carbocycles. The predicted molar refractivity (Wildman–Crippen MR) is 57.0 cm³/mol. The van der Waals surface area contributed by atoms with Gasteiger partial charge < -0.3 is 5.32 Å². The third kappa shape index (κ3) is 1.18. The van der Waals surface area contributed by atoms with Gasteiger partial charge in [-0.15, -0.1) is 0 Å². The summed E-state index contributed by atoms with van der Waals surface area (Å²) in [5.74, 6) is 4.42. The zero-order valence-electron chi connectivity index (χ0n) is 8.91. The maximum absolute atomic E-state index is 3.94. The topological polar surface area (TPSA) is 12.0 Å². The van der Waals surface area contributed by atoms with Crippen molar-refractivity contribution in [2.24, 2.45) is 23.7 Å². The van der Waals surface area contributed by atoms with Crippen LogP contribution >= 0.6 is 0 Å². The lowest BCUT2D eigenvalue weighted by Crippen LogP contribution is -2.54. The van der Waals surface area contributed by atoms with E-state index in [1.165, 1.54) is 12.8 Å². The molecule has 5 rings (SSSR count). The Hall–Kier alpha value is -0.0400. The van der Waals surface area contributed by atoms with Crippen LogP contribution in [0.5, 0.6) is 0 Å². The maximum atomic E-state index is 3.94. The second kappa shape index (κ2) is 2.75. The van der Waals surface area contributed by atoms with Gasteiger partial charge in [0.05, 0.1) is 0 Å². The largest absolute Gasteiger partial charge is 0.311 e. The summed E-state index contributed by atoms with van der Waals surface area (Å²) in [6.45, 7) is 0. The summed E-state index contributed by atoms with van der Waals surface area (Å²) in [4.78, 5) is 0. The van der Waals surface area contributed by atoms with Crippen LogP contribution in [0.4, 0.5) is 0 Å². The van der Waals surface area contributed by atoms with Crippen molar-refractivity contribution >= 4 is 0 Å². The van der Waals surface area contributed by atoms with Crippen LogP contribution in [0, 0.1) is 23.7 Å². The van der Waals surface area contributed by atoms with E-state index in [1.54, 1.807) is 32.1 Å². The fourth-order valence-electron chi connectivity index (χ4n) is 4.72. The lowest BCUT2D eigenvalue weighted by atomic mass is 9.54. The third-order valence-corrected chi connectivity index (χ3v) is 5.23. The second-order valence-electron chi connectivity index (χ2n) is 6.40. The van der Waals surface area contributed by atoms with Crippen molar-refractivity contribution in [2.75, 3.05) is 0 Å². The molecule has 0 aromatic carbocycles. The lowest BCUT2D eigenvalue weighted by Gasteiger charge is -2.54. The van der Waals surface area contributed by atoms with Gasteiger partial charge in [0.15, 0.2) is 0 Å². The van der Waals surface area contributed by atoms with Gasteiger partial charge in [0.1, 0.15) is 0 Å². The fraction of sp³-hybridized carbons (Fsp3) is 1.00. The molecule has 1 heteroatoms. The SMILES string of the molecule is C1C2CC3CC1CC(C2)C3NC1CC1. The zero-order chi connectivity index (χ0) is 9.12. The minimum absolute atomic E-state index is 0.928. The van der Waals surface area contributed by atoms with Gasteiger partial charge in [0.2, 0.25) is 0 Å². The third-order valence-electron chi connectivity index (χ3n) is 5.23. The summed E-state index contributed by atoms with van der Waals surface area (Å²) >= 11 is 0. The lowest BCUT2D eigenvalue weighted by molar-refractivity contribution is -0.0143.